The number of rotatable bonds is 5. The van der Waals surface area contributed by atoms with Crippen LogP contribution in [0.15, 0.2) is 24.3 Å². The topological polar surface area (TPSA) is 71.1 Å². The first-order chi connectivity index (χ1) is 11.6. The Morgan fingerprint density at radius 3 is 2.12 bits per heavy atom. The fourth-order valence-corrected chi connectivity index (χ4v) is 2.78. The number of carbonyl (C=O) groups excluding carboxylic acids is 2. The van der Waals surface area contributed by atoms with Crippen LogP contribution in [0.5, 0.6) is 0 Å². The van der Waals surface area contributed by atoms with Crippen molar-refractivity contribution in [2.24, 2.45) is 0 Å². The van der Waals surface area contributed by atoms with Crippen LogP contribution in [0.3, 0.4) is 0 Å². The summed E-state index contributed by atoms with van der Waals surface area (Å²) in [5, 5.41) is 0. The van der Waals surface area contributed by atoms with Gasteiger partial charge in [-0.15, -0.1) is 0 Å². The van der Waals surface area contributed by atoms with Crippen LogP contribution in [-0.4, -0.2) is 44.5 Å². The standard InChI is InChI=1S/C18H25BO6/c1-17(2)18(3,4)25-19(24-17)14(11-15(20)22-5)12-9-7-8-10-13(12)16(21)23-6/h7-10,14H,11H2,1-6H3. The van der Waals surface area contributed by atoms with Gasteiger partial charge >= 0.3 is 19.1 Å². The molecule has 0 saturated carbocycles. The first kappa shape index (κ1) is 19.5. The Morgan fingerprint density at radius 2 is 1.60 bits per heavy atom. The Hall–Kier alpha value is -1.86. The van der Waals surface area contributed by atoms with E-state index in [2.05, 4.69) is 0 Å². The number of hydrogen-bond acceptors (Lipinski definition) is 6. The fraction of sp³-hybridized carbons (Fsp3) is 0.556. The Balaban J connectivity index is 2.45. The third-order valence-electron chi connectivity index (χ3n) is 4.98. The van der Waals surface area contributed by atoms with Crippen molar-refractivity contribution in [1.82, 2.24) is 0 Å². The molecule has 0 radical (unpaired) electrons. The van der Waals surface area contributed by atoms with Gasteiger partial charge in [0.1, 0.15) is 0 Å². The summed E-state index contributed by atoms with van der Waals surface area (Å²) < 4.78 is 21.9. The van der Waals surface area contributed by atoms with Gasteiger partial charge in [0.05, 0.1) is 37.4 Å². The highest BCUT2D eigenvalue weighted by Crippen LogP contribution is 2.42. The van der Waals surface area contributed by atoms with Crippen LogP contribution in [0.25, 0.3) is 0 Å². The molecule has 1 atom stereocenters. The molecule has 1 unspecified atom stereocenters. The lowest BCUT2D eigenvalue weighted by molar-refractivity contribution is -0.140. The number of benzene rings is 1. The molecule has 1 saturated heterocycles. The average Bonchev–Trinajstić information content (AvgIpc) is 2.79. The summed E-state index contributed by atoms with van der Waals surface area (Å²) in [6.07, 6.45) is 0.0291. The van der Waals surface area contributed by atoms with Crippen molar-refractivity contribution in [3.63, 3.8) is 0 Å². The first-order valence-corrected chi connectivity index (χ1v) is 8.22. The van der Waals surface area contributed by atoms with E-state index in [0.717, 1.165) is 0 Å². The lowest BCUT2D eigenvalue weighted by Crippen LogP contribution is -2.41. The second-order valence-corrected chi connectivity index (χ2v) is 7.09. The second kappa shape index (κ2) is 7.18. The molecule has 0 aliphatic carbocycles. The molecule has 7 heteroatoms. The molecule has 2 rings (SSSR count). The molecule has 0 amide bonds. The van der Waals surface area contributed by atoms with Crippen LogP contribution >= 0.6 is 0 Å². The summed E-state index contributed by atoms with van der Waals surface area (Å²) >= 11 is 0. The van der Waals surface area contributed by atoms with Gasteiger partial charge in [-0.1, -0.05) is 18.2 Å². The van der Waals surface area contributed by atoms with E-state index in [1.54, 1.807) is 24.3 Å². The van der Waals surface area contributed by atoms with E-state index in [0.29, 0.717) is 11.1 Å². The molecule has 136 valence electrons. The van der Waals surface area contributed by atoms with Gasteiger partial charge in [-0.3, -0.25) is 4.79 Å². The van der Waals surface area contributed by atoms with E-state index >= 15 is 0 Å². The zero-order valence-corrected chi connectivity index (χ0v) is 15.6. The molecule has 0 bridgehead atoms. The summed E-state index contributed by atoms with van der Waals surface area (Å²) in [6, 6.07) is 6.99. The Kier molecular flexibility index (Phi) is 5.59. The monoisotopic (exact) mass is 348 g/mol. The molecule has 1 aromatic rings. The minimum absolute atomic E-state index is 0.0291. The van der Waals surface area contributed by atoms with Gasteiger partial charge < -0.3 is 18.8 Å². The van der Waals surface area contributed by atoms with Gasteiger partial charge in [0.15, 0.2) is 0 Å². The summed E-state index contributed by atoms with van der Waals surface area (Å²) in [4.78, 5) is 24.1. The van der Waals surface area contributed by atoms with Gasteiger partial charge in [0, 0.05) is 5.82 Å². The van der Waals surface area contributed by atoms with E-state index in [1.807, 2.05) is 27.7 Å². The SMILES string of the molecule is COC(=O)CC(B1OC(C)(C)C(C)(C)O1)c1ccccc1C(=O)OC. The highest BCUT2D eigenvalue weighted by atomic mass is 16.7. The van der Waals surface area contributed by atoms with E-state index in [1.165, 1.54) is 14.2 Å². The number of ether oxygens (including phenoxy) is 2. The van der Waals surface area contributed by atoms with Crippen LogP contribution in [0.1, 0.15) is 55.9 Å². The van der Waals surface area contributed by atoms with E-state index < -0.39 is 36.1 Å². The van der Waals surface area contributed by atoms with Crippen LogP contribution in [-0.2, 0) is 23.6 Å². The molecule has 1 aromatic carbocycles. The van der Waals surface area contributed by atoms with Crippen molar-refractivity contribution in [3.05, 3.63) is 35.4 Å². The van der Waals surface area contributed by atoms with Crippen molar-refractivity contribution in [1.29, 1.82) is 0 Å². The number of carbonyl (C=O) groups is 2. The van der Waals surface area contributed by atoms with E-state index in [4.69, 9.17) is 18.8 Å². The number of methoxy groups -OCH3 is 2. The second-order valence-electron chi connectivity index (χ2n) is 7.09. The average molecular weight is 348 g/mol. The highest BCUT2D eigenvalue weighted by Gasteiger charge is 2.54. The zero-order chi connectivity index (χ0) is 18.8. The maximum Gasteiger partial charge on any atom is 0.466 e. The summed E-state index contributed by atoms with van der Waals surface area (Å²) in [5.74, 6) is -1.37. The van der Waals surface area contributed by atoms with Crippen LogP contribution < -0.4 is 0 Å². The van der Waals surface area contributed by atoms with Crippen LogP contribution in [0.4, 0.5) is 0 Å². The smallest absolute Gasteiger partial charge is 0.466 e. The summed E-state index contributed by atoms with van der Waals surface area (Å²) in [7, 11) is 1.97. The van der Waals surface area contributed by atoms with Gasteiger partial charge in [-0.2, -0.15) is 0 Å². The zero-order valence-electron chi connectivity index (χ0n) is 15.6. The Bertz CT molecular complexity index is 639. The summed E-state index contributed by atoms with van der Waals surface area (Å²) in [6.45, 7) is 7.76. The molecule has 1 aliphatic heterocycles. The molecule has 25 heavy (non-hydrogen) atoms. The molecule has 0 spiro atoms. The largest absolute Gasteiger partial charge is 0.469 e. The maximum absolute atomic E-state index is 12.1. The predicted molar refractivity (Wildman–Crippen MR) is 93.2 cm³/mol. The van der Waals surface area contributed by atoms with Crippen LogP contribution in [0.2, 0.25) is 0 Å². The summed E-state index contributed by atoms with van der Waals surface area (Å²) in [5.41, 5.74) is -0.0785. The molecule has 6 nitrogen and oxygen atoms in total. The minimum Gasteiger partial charge on any atom is -0.469 e. The first-order valence-electron chi connectivity index (χ1n) is 8.22. The quantitative estimate of drug-likeness (QED) is 0.602. The third kappa shape index (κ3) is 3.88. The number of esters is 2. The normalized spacial score (nSPS) is 19.4. The van der Waals surface area contributed by atoms with Gasteiger partial charge in [0.25, 0.3) is 0 Å². The third-order valence-corrected chi connectivity index (χ3v) is 4.98. The fourth-order valence-electron chi connectivity index (χ4n) is 2.78. The molecular formula is C18H25BO6. The van der Waals surface area contributed by atoms with Gasteiger partial charge in [-0.25, -0.2) is 4.79 Å². The lowest BCUT2D eigenvalue weighted by atomic mass is 9.65. The van der Waals surface area contributed by atoms with Crippen molar-refractivity contribution in [2.45, 2.75) is 51.1 Å². The molecule has 1 heterocycles. The van der Waals surface area contributed by atoms with Crippen molar-refractivity contribution >= 4 is 19.1 Å². The minimum atomic E-state index is -0.685. The predicted octanol–water partition coefficient (Wildman–Crippen LogP) is 2.75. The Morgan fingerprint density at radius 1 is 1.04 bits per heavy atom. The van der Waals surface area contributed by atoms with Gasteiger partial charge in [-0.05, 0) is 39.3 Å². The molecule has 0 N–H and O–H groups in total. The number of hydrogen-bond donors (Lipinski definition) is 0. The van der Waals surface area contributed by atoms with Crippen LogP contribution in [0, 0.1) is 0 Å². The van der Waals surface area contributed by atoms with E-state index in [9.17, 15) is 9.59 Å². The molecule has 1 aliphatic rings. The maximum atomic E-state index is 12.1. The van der Waals surface area contributed by atoms with Gasteiger partial charge in [0.2, 0.25) is 0 Å². The van der Waals surface area contributed by atoms with E-state index in [-0.39, 0.29) is 6.42 Å². The molecule has 0 aromatic heterocycles. The lowest BCUT2D eigenvalue weighted by Gasteiger charge is -2.32. The Labute approximate surface area is 148 Å². The van der Waals surface area contributed by atoms with Crippen molar-refractivity contribution < 1.29 is 28.4 Å². The van der Waals surface area contributed by atoms with Crippen molar-refractivity contribution in [2.75, 3.05) is 14.2 Å². The molecule has 1 fully saturated rings. The molecular weight excluding hydrogens is 323 g/mol. The van der Waals surface area contributed by atoms with Crippen molar-refractivity contribution in [3.8, 4) is 0 Å². The highest BCUT2D eigenvalue weighted by molar-refractivity contribution is 6.48.